The fourth-order valence-electron chi connectivity index (χ4n) is 2.60. The van der Waals surface area contributed by atoms with Crippen LogP contribution >= 0.6 is 15.9 Å². The normalized spacial score (nSPS) is 11.0. The number of fused-ring (bicyclic) bond motifs is 1. The van der Waals surface area contributed by atoms with Crippen molar-refractivity contribution in [2.24, 2.45) is 0 Å². The summed E-state index contributed by atoms with van der Waals surface area (Å²) in [6.07, 6.45) is 0. The fourth-order valence-corrected chi connectivity index (χ4v) is 2.83. The number of hydrogen-bond donors (Lipinski definition) is 0. The molecular formula is C20H19BrO4. The minimum absolute atomic E-state index is 0.0210. The lowest BCUT2D eigenvalue weighted by molar-refractivity contribution is 0.112. The standard InChI is InChI=1S/C20H19BrO4/c1-14-19(22)17-8-7-16(24-12-11-23-10-9-21)13-18(17)25-20(14)15-5-3-2-4-6-15/h2-8,13H,9-12H2,1H3. The van der Waals surface area contributed by atoms with E-state index in [4.69, 9.17) is 13.9 Å². The molecule has 0 saturated carbocycles. The number of halogens is 1. The van der Waals surface area contributed by atoms with E-state index in [1.165, 1.54) is 0 Å². The van der Waals surface area contributed by atoms with Crippen LogP contribution < -0.4 is 10.2 Å². The van der Waals surface area contributed by atoms with Crippen LogP contribution in [0.5, 0.6) is 5.75 Å². The molecule has 0 amide bonds. The van der Waals surface area contributed by atoms with Crippen LogP contribution in [0.2, 0.25) is 0 Å². The van der Waals surface area contributed by atoms with Gasteiger partial charge in [-0.05, 0) is 19.1 Å². The summed E-state index contributed by atoms with van der Waals surface area (Å²) in [6.45, 7) is 3.39. The van der Waals surface area contributed by atoms with Gasteiger partial charge in [0, 0.05) is 22.5 Å². The molecule has 0 radical (unpaired) electrons. The van der Waals surface area contributed by atoms with E-state index in [1.54, 1.807) is 25.1 Å². The van der Waals surface area contributed by atoms with Crippen LogP contribution in [-0.2, 0) is 4.74 Å². The summed E-state index contributed by atoms with van der Waals surface area (Å²) < 4.78 is 17.1. The molecule has 3 rings (SSSR count). The smallest absolute Gasteiger partial charge is 0.196 e. The largest absolute Gasteiger partial charge is 0.491 e. The molecule has 0 bridgehead atoms. The molecule has 0 spiro atoms. The van der Waals surface area contributed by atoms with Crippen LogP contribution in [0.15, 0.2) is 57.7 Å². The van der Waals surface area contributed by atoms with Gasteiger partial charge < -0.3 is 13.9 Å². The molecule has 3 aromatic rings. The third kappa shape index (κ3) is 4.11. The van der Waals surface area contributed by atoms with Gasteiger partial charge >= 0.3 is 0 Å². The average molecular weight is 403 g/mol. The predicted molar refractivity (Wildman–Crippen MR) is 103 cm³/mol. The Hall–Kier alpha value is -2.11. The lowest BCUT2D eigenvalue weighted by Gasteiger charge is -2.10. The quantitative estimate of drug-likeness (QED) is 0.429. The molecule has 0 fully saturated rings. The Bertz CT molecular complexity index is 903. The van der Waals surface area contributed by atoms with Gasteiger partial charge in [0.2, 0.25) is 0 Å². The summed E-state index contributed by atoms with van der Waals surface area (Å²) in [4.78, 5) is 12.6. The summed E-state index contributed by atoms with van der Waals surface area (Å²) >= 11 is 3.30. The maximum atomic E-state index is 12.6. The first-order chi connectivity index (χ1) is 12.2. The molecule has 1 aromatic heterocycles. The van der Waals surface area contributed by atoms with Crippen molar-refractivity contribution in [2.75, 3.05) is 25.2 Å². The molecule has 0 aliphatic rings. The summed E-state index contributed by atoms with van der Waals surface area (Å²) in [5, 5.41) is 1.36. The average Bonchev–Trinajstić information content (AvgIpc) is 2.65. The fraction of sp³-hybridized carbons (Fsp3) is 0.250. The zero-order chi connectivity index (χ0) is 17.6. The van der Waals surface area contributed by atoms with Crippen molar-refractivity contribution in [1.82, 2.24) is 0 Å². The SMILES string of the molecule is Cc1c(-c2ccccc2)oc2cc(OCCOCCBr)ccc2c1=O. The molecule has 25 heavy (non-hydrogen) atoms. The zero-order valence-electron chi connectivity index (χ0n) is 14.0. The third-order valence-electron chi connectivity index (χ3n) is 3.84. The highest BCUT2D eigenvalue weighted by Crippen LogP contribution is 2.27. The van der Waals surface area contributed by atoms with E-state index >= 15 is 0 Å². The van der Waals surface area contributed by atoms with Crippen LogP contribution in [0.4, 0.5) is 0 Å². The molecule has 0 saturated heterocycles. The van der Waals surface area contributed by atoms with Crippen LogP contribution in [-0.4, -0.2) is 25.2 Å². The lowest BCUT2D eigenvalue weighted by atomic mass is 10.1. The minimum Gasteiger partial charge on any atom is -0.491 e. The Morgan fingerprint density at radius 2 is 1.84 bits per heavy atom. The maximum Gasteiger partial charge on any atom is 0.196 e. The first-order valence-corrected chi connectivity index (χ1v) is 9.22. The minimum atomic E-state index is -0.0210. The first-order valence-electron chi connectivity index (χ1n) is 8.10. The Morgan fingerprint density at radius 3 is 2.60 bits per heavy atom. The van der Waals surface area contributed by atoms with Gasteiger partial charge in [0.15, 0.2) is 5.43 Å². The van der Waals surface area contributed by atoms with E-state index in [-0.39, 0.29) is 5.43 Å². The van der Waals surface area contributed by atoms with Crippen molar-refractivity contribution < 1.29 is 13.9 Å². The summed E-state index contributed by atoms with van der Waals surface area (Å²) in [5.74, 6) is 1.25. The third-order valence-corrected chi connectivity index (χ3v) is 4.17. The van der Waals surface area contributed by atoms with Crippen molar-refractivity contribution >= 4 is 26.9 Å². The molecule has 130 valence electrons. The van der Waals surface area contributed by atoms with E-state index in [2.05, 4.69) is 15.9 Å². The van der Waals surface area contributed by atoms with Gasteiger partial charge in [-0.2, -0.15) is 0 Å². The number of ether oxygens (including phenoxy) is 2. The molecule has 0 N–H and O–H groups in total. The van der Waals surface area contributed by atoms with Gasteiger partial charge in [0.25, 0.3) is 0 Å². The van der Waals surface area contributed by atoms with Crippen LogP contribution in [0.25, 0.3) is 22.3 Å². The Morgan fingerprint density at radius 1 is 1.04 bits per heavy atom. The molecule has 5 heteroatoms. The van der Waals surface area contributed by atoms with E-state index in [9.17, 15) is 4.79 Å². The topological polar surface area (TPSA) is 48.7 Å². The second-order valence-corrected chi connectivity index (χ2v) is 6.35. The van der Waals surface area contributed by atoms with Crippen LogP contribution in [0.1, 0.15) is 5.56 Å². The van der Waals surface area contributed by atoms with Gasteiger partial charge in [0.05, 0.1) is 18.6 Å². The van der Waals surface area contributed by atoms with E-state index in [0.717, 1.165) is 10.9 Å². The lowest BCUT2D eigenvalue weighted by Crippen LogP contribution is -2.09. The molecule has 0 unspecified atom stereocenters. The summed E-state index contributed by atoms with van der Waals surface area (Å²) in [6, 6.07) is 14.9. The summed E-state index contributed by atoms with van der Waals surface area (Å²) in [7, 11) is 0. The van der Waals surface area contributed by atoms with Crippen molar-refractivity contribution in [2.45, 2.75) is 6.92 Å². The predicted octanol–water partition coefficient (Wildman–Crippen LogP) is 4.56. The van der Waals surface area contributed by atoms with Gasteiger partial charge in [-0.3, -0.25) is 4.79 Å². The van der Waals surface area contributed by atoms with Crippen molar-refractivity contribution in [3.05, 3.63) is 64.3 Å². The van der Waals surface area contributed by atoms with Crippen molar-refractivity contribution in [1.29, 1.82) is 0 Å². The Kier molecular flexibility index (Phi) is 5.89. The van der Waals surface area contributed by atoms with E-state index in [1.807, 2.05) is 30.3 Å². The molecule has 0 atom stereocenters. The summed E-state index contributed by atoms with van der Waals surface area (Å²) in [5.41, 5.74) is 1.99. The molecule has 4 nitrogen and oxygen atoms in total. The number of benzene rings is 2. The van der Waals surface area contributed by atoms with Crippen molar-refractivity contribution in [3.63, 3.8) is 0 Å². The molecule has 0 aliphatic heterocycles. The van der Waals surface area contributed by atoms with Gasteiger partial charge in [-0.15, -0.1) is 0 Å². The monoisotopic (exact) mass is 402 g/mol. The Labute approximate surface area is 154 Å². The second-order valence-electron chi connectivity index (χ2n) is 5.56. The first kappa shape index (κ1) is 17.7. The van der Waals surface area contributed by atoms with Crippen LogP contribution in [0, 0.1) is 6.92 Å². The second kappa shape index (κ2) is 8.32. The van der Waals surface area contributed by atoms with Gasteiger partial charge in [0.1, 0.15) is 23.7 Å². The highest BCUT2D eigenvalue weighted by Gasteiger charge is 2.13. The number of rotatable bonds is 7. The van der Waals surface area contributed by atoms with Gasteiger partial charge in [-0.1, -0.05) is 46.3 Å². The molecule has 0 aliphatic carbocycles. The van der Waals surface area contributed by atoms with Crippen LogP contribution in [0.3, 0.4) is 0 Å². The molecular weight excluding hydrogens is 384 g/mol. The Balaban J connectivity index is 1.90. The van der Waals surface area contributed by atoms with Crippen molar-refractivity contribution in [3.8, 4) is 17.1 Å². The molecule has 2 aromatic carbocycles. The highest BCUT2D eigenvalue weighted by atomic mass is 79.9. The van der Waals surface area contributed by atoms with Gasteiger partial charge in [-0.25, -0.2) is 0 Å². The number of alkyl halides is 1. The highest BCUT2D eigenvalue weighted by molar-refractivity contribution is 9.09. The maximum absolute atomic E-state index is 12.6. The zero-order valence-corrected chi connectivity index (χ0v) is 15.5. The number of hydrogen-bond acceptors (Lipinski definition) is 4. The molecule has 1 heterocycles. The van der Waals surface area contributed by atoms with E-state index < -0.39 is 0 Å². The van der Waals surface area contributed by atoms with E-state index in [0.29, 0.717) is 47.9 Å².